The first-order chi connectivity index (χ1) is 11.5. The van der Waals surface area contributed by atoms with Crippen molar-refractivity contribution in [2.24, 2.45) is 0 Å². The number of hydrogen-bond donors (Lipinski definition) is 1. The summed E-state index contributed by atoms with van der Waals surface area (Å²) in [4.78, 5) is 11.1. The van der Waals surface area contributed by atoms with Crippen LogP contribution in [0.3, 0.4) is 0 Å². The highest BCUT2D eigenvalue weighted by molar-refractivity contribution is 7.90. The second kappa shape index (κ2) is 7.16. The Morgan fingerprint density at radius 2 is 1.92 bits per heavy atom. The van der Waals surface area contributed by atoms with Gasteiger partial charge >= 0.3 is 6.18 Å². The number of nitro groups is 1. The third-order valence-electron chi connectivity index (χ3n) is 3.92. The van der Waals surface area contributed by atoms with Gasteiger partial charge in [0.05, 0.1) is 11.5 Å². The van der Waals surface area contributed by atoms with E-state index in [1.165, 1.54) is 17.0 Å². The highest BCUT2D eigenvalue weighted by atomic mass is 32.2. The van der Waals surface area contributed by atoms with Gasteiger partial charge in [0.25, 0.3) is 5.69 Å². The predicted octanol–water partition coefficient (Wildman–Crippen LogP) is 2.44. The van der Waals surface area contributed by atoms with Gasteiger partial charge in [-0.3, -0.25) is 15.0 Å². The number of piperidine rings is 1. The average molecular weight is 381 g/mol. The largest absolute Gasteiger partial charge is 0.401 e. The molecule has 1 heterocycles. The molecule has 1 aliphatic heterocycles. The van der Waals surface area contributed by atoms with Crippen LogP contribution in [-0.2, 0) is 9.84 Å². The van der Waals surface area contributed by atoms with Gasteiger partial charge in [-0.05, 0) is 25.0 Å². The summed E-state index contributed by atoms with van der Waals surface area (Å²) in [6, 6.07) is 3.57. The van der Waals surface area contributed by atoms with Crippen LogP contribution >= 0.6 is 0 Å². The number of nitro benzene ring substituents is 1. The molecule has 0 atom stereocenters. The molecule has 1 N–H and O–H groups in total. The maximum atomic E-state index is 12.4. The fraction of sp³-hybridized carbons (Fsp3) is 0.571. The lowest BCUT2D eigenvalue weighted by Crippen LogP contribution is -2.43. The molecule has 7 nitrogen and oxygen atoms in total. The number of sulfone groups is 1. The topological polar surface area (TPSA) is 92.6 Å². The van der Waals surface area contributed by atoms with Crippen LogP contribution in [0.2, 0.25) is 0 Å². The molecular weight excluding hydrogens is 363 g/mol. The molecule has 0 aromatic heterocycles. The first kappa shape index (κ1) is 19.4. The van der Waals surface area contributed by atoms with Gasteiger partial charge in [0, 0.05) is 37.1 Å². The number of nitrogens with one attached hydrogen (secondary N) is 1. The van der Waals surface area contributed by atoms with Crippen LogP contribution < -0.4 is 5.32 Å². The van der Waals surface area contributed by atoms with E-state index < -0.39 is 38.1 Å². The van der Waals surface area contributed by atoms with E-state index in [2.05, 4.69) is 5.32 Å². The van der Waals surface area contributed by atoms with Gasteiger partial charge in [-0.25, -0.2) is 8.42 Å². The molecule has 0 radical (unpaired) electrons. The Labute approximate surface area is 142 Å². The van der Waals surface area contributed by atoms with Gasteiger partial charge in [0.15, 0.2) is 9.84 Å². The highest BCUT2D eigenvalue weighted by Crippen LogP contribution is 2.28. The predicted molar refractivity (Wildman–Crippen MR) is 85.3 cm³/mol. The van der Waals surface area contributed by atoms with Gasteiger partial charge in [0.1, 0.15) is 4.90 Å². The van der Waals surface area contributed by atoms with Gasteiger partial charge in [0.2, 0.25) is 0 Å². The lowest BCUT2D eigenvalue weighted by atomic mass is 10.0. The molecule has 0 unspecified atom stereocenters. The number of likely N-dealkylation sites (tertiary alicyclic amines) is 1. The van der Waals surface area contributed by atoms with Crippen molar-refractivity contribution in [3.63, 3.8) is 0 Å². The Balaban J connectivity index is 2.06. The summed E-state index contributed by atoms with van der Waals surface area (Å²) in [5.74, 6) is 0. The van der Waals surface area contributed by atoms with Crippen molar-refractivity contribution in [1.29, 1.82) is 0 Å². The van der Waals surface area contributed by atoms with E-state index >= 15 is 0 Å². The molecule has 1 fully saturated rings. The molecule has 0 saturated carbocycles. The molecule has 0 spiro atoms. The third-order valence-corrected chi connectivity index (χ3v) is 5.04. The van der Waals surface area contributed by atoms with E-state index in [1.807, 2.05) is 0 Å². The van der Waals surface area contributed by atoms with Gasteiger partial charge in [-0.15, -0.1) is 0 Å². The number of rotatable bonds is 5. The summed E-state index contributed by atoms with van der Waals surface area (Å²) in [6.07, 6.45) is -2.43. The van der Waals surface area contributed by atoms with Crippen molar-refractivity contribution >= 4 is 21.2 Å². The summed E-state index contributed by atoms with van der Waals surface area (Å²) < 4.78 is 60.6. The summed E-state index contributed by atoms with van der Waals surface area (Å²) in [5, 5.41) is 14.0. The third kappa shape index (κ3) is 5.56. The van der Waals surface area contributed by atoms with E-state index in [0.717, 1.165) is 12.3 Å². The minimum Gasteiger partial charge on any atom is -0.382 e. The number of halogens is 3. The number of hydrogen-bond acceptors (Lipinski definition) is 6. The molecule has 0 amide bonds. The van der Waals surface area contributed by atoms with Crippen molar-refractivity contribution in [3.8, 4) is 0 Å². The van der Waals surface area contributed by atoms with Crippen molar-refractivity contribution in [3.05, 3.63) is 28.3 Å². The van der Waals surface area contributed by atoms with E-state index in [1.54, 1.807) is 0 Å². The van der Waals surface area contributed by atoms with Crippen LogP contribution in [0, 0.1) is 10.1 Å². The minimum atomic E-state index is -4.23. The molecule has 140 valence electrons. The Bertz CT molecular complexity index is 744. The Hall–Kier alpha value is -1.88. The van der Waals surface area contributed by atoms with Crippen molar-refractivity contribution in [2.45, 2.75) is 30.0 Å². The fourth-order valence-corrected chi connectivity index (χ4v) is 3.64. The molecule has 1 aromatic rings. The second-order valence-corrected chi connectivity index (χ2v) is 8.01. The van der Waals surface area contributed by atoms with Crippen LogP contribution in [0.15, 0.2) is 23.1 Å². The SMILES string of the molecule is CS(=O)(=O)c1cc(NC2CCN(CC(F)(F)F)CC2)ccc1[N+](=O)[O-]. The molecular formula is C14H18F3N3O4S. The number of anilines is 1. The van der Waals surface area contributed by atoms with E-state index in [-0.39, 0.29) is 19.1 Å². The first-order valence-electron chi connectivity index (χ1n) is 7.50. The molecule has 0 aliphatic carbocycles. The quantitative estimate of drug-likeness (QED) is 0.622. The standard InChI is InChI=1S/C14H18F3N3O4S/c1-25(23,24)13-8-11(2-3-12(13)20(21)22)18-10-4-6-19(7-5-10)9-14(15,16)17/h2-3,8,10,18H,4-7,9H2,1H3. The normalized spacial score (nSPS) is 17.4. The monoisotopic (exact) mass is 381 g/mol. The maximum absolute atomic E-state index is 12.4. The summed E-state index contributed by atoms with van der Waals surface area (Å²) in [6.45, 7) is -0.415. The summed E-state index contributed by atoms with van der Waals surface area (Å²) >= 11 is 0. The van der Waals surface area contributed by atoms with E-state index in [4.69, 9.17) is 0 Å². The maximum Gasteiger partial charge on any atom is 0.401 e. The van der Waals surface area contributed by atoms with Crippen molar-refractivity contribution in [1.82, 2.24) is 4.90 Å². The highest BCUT2D eigenvalue weighted by Gasteiger charge is 2.32. The molecule has 25 heavy (non-hydrogen) atoms. The average Bonchev–Trinajstić information content (AvgIpc) is 2.46. The van der Waals surface area contributed by atoms with E-state index in [9.17, 15) is 31.7 Å². The van der Waals surface area contributed by atoms with Crippen LogP contribution in [0.25, 0.3) is 0 Å². The van der Waals surface area contributed by atoms with Crippen LogP contribution in [0.4, 0.5) is 24.5 Å². The summed E-state index contributed by atoms with van der Waals surface area (Å²) in [7, 11) is -3.79. The van der Waals surface area contributed by atoms with Crippen molar-refractivity contribution < 1.29 is 26.5 Å². The lowest BCUT2D eigenvalue weighted by molar-refractivity contribution is -0.387. The zero-order chi connectivity index (χ0) is 18.8. The van der Waals surface area contributed by atoms with Gasteiger partial charge < -0.3 is 5.32 Å². The zero-order valence-corrected chi connectivity index (χ0v) is 14.2. The Morgan fingerprint density at radius 1 is 1.32 bits per heavy atom. The van der Waals surface area contributed by atoms with Gasteiger partial charge in [-0.2, -0.15) is 13.2 Å². The van der Waals surface area contributed by atoms with Crippen molar-refractivity contribution in [2.75, 3.05) is 31.2 Å². The number of benzene rings is 1. The lowest BCUT2D eigenvalue weighted by Gasteiger charge is -2.33. The van der Waals surface area contributed by atoms with Gasteiger partial charge in [-0.1, -0.05) is 0 Å². The van der Waals surface area contributed by atoms with Crippen LogP contribution in [-0.4, -0.2) is 56.3 Å². The molecule has 1 saturated heterocycles. The Morgan fingerprint density at radius 3 is 2.40 bits per heavy atom. The number of nitrogens with zero attached hydrogens (tertiary/aromatic N) is 2. The van der Waals surface area contributed by atoms with E-state index in [0.29, 0.717) is 18.5 Å². The molecule has 0 bridgehead atoms. The zero-order valence-electron chi connectivity index (χ0n) is 13.4. The summed E-state index contributed by atoms with van der Waals surface area (Å²) in [5.41, 5.74) is -0.117. The smallest absolute Gasteiger partial charge is 0.382 e. The minimum absolute atomic E-state index is 0.127. The molecule has 1 aromatic carbocycles. The fourth-order valence-electron chi connectivity index (χ4n) is 2.78. The molecule has 1 aliphatic rings. The molecule has 2 rings (SSSR count). The van der Waals surface area contributed by atoms with Crippen LogP contribution in [0.5, 0.6) is 0 Å². The second-order valence-electron chi connectivity index (χ2n) is 6.02. The Kier molecular flexibility index (Phi) is 5.57. The number of alkyl halides is 3. The first-order valence-corrected chi connectivity index (χ1v) is 9.39. The van der Waals surface area contributed by atoms with Crippen LogP contribution in [0.1, 0.15) is 12.8 Å². The molecule has 11 heteroatoms.